The fraction of sp³-hybridized carbons (Fsp3) is 0. The van der Waals surface area contributed by atoms with Crippen LogP contribution in [0, 0.1) is 0 Å². The van der Waals surface area contributed by atoms with E-state index in [2.05, 4.69) is 18.2 Å². The standard InChI is InChI=1S/C45H28N4S/c1-2-14-29(15-3-1)30-16-12-17-31(28-30)43-46-44(48-45(47-43)37-23-13-22-35-34-20-7-11-27-41(34)50-42(35)37)36-21-6-10-26-40(36)49-38-24-8-4-18-32(38)33-19-5-9-25-39(33)49/h1-28H/i4D,5D,8D,9D,18D,19D,24D,25D. The molecule has 0 bridgehead atoms. The summed E-state index contributed by atoms with van der Waals surface area (Å²) in [7, 11) is 0. The lowest BCUT2D eigenvalue weighted by atomic mass is 10.0. The molecule has 3 heterocycles. The highest BCUT2D eigenvalue weighted by molar-refractivity contribution is 7.26. The third kappa shape index (κ3) is 4.63. The Morgan fingerprint density at radius 2 is 1.04 bits per heavy atom. The van der Waals surface area contributed by atoms with Gasteiger partial charge < -0.3 is 4.57 Å². The van der Waals surface area contributed by atoms with E-state index in [0.29, 0.717) is 22.9 Å². The average molecular weight is 665 g/mol. The number of rotatable bonds is 5. The largest absolute Gasteiger partial charge is 0.309 e. The van der Waals surface area contributed by atoms with Crippen LogP contribution in [0.3, 0.4) is 0 Å². The van der Waals surface area contributed by atoms with Crippen LogP contribution in [0.2, 0.25) is 0 Å². The lowest BCUT2D eigenvalue weighted by Gasteiger charge is -2.15. The summed E-state index contributed by atoms with van der Waals surface area (Å²) in [4.78, 5) is 15.4. The van der Waals surface area contributed by atoms with Gasteiger partial charge in [0.1, 0.15) is 0 Å². The highest BCUT2D eigenvalue weighted by Crippen LogP contribution is 2.41. The molecule has 0 N–H and O–H groups in total. The van der Waals surface area contributed by atoms with Crippen molar-refractivity contribution in [2.45, 2.75) is 0 Å². The third-order valence-electron chi connectivity index (χ3n) is 8.93. The zero-order valence-electron chi connectivity index (χ0n) is 34.2. The van der Waals surface area contributed by atoms with E-state index < -0.39 is 36.3 Å². The van der Waals surface area contributed by atoms with Crippen LogP contribution in [0.15, 0.2) is 170 Å². The number of nitrogens with zero attached hydrogens (tertiary/aromatic N) is 4. The number of para-hydroxylation sites is 3. The predicted octanol–water partition coefficient (Wildman–Crippen LogP) is 12.0. The Bertz CT molecular complexity index is 3270. The van der Waals surface area contributed by atoms with Gasteiger partial charge in [-0.2, -0.15) is 0 Å². The van der Waals surface area contributed by atoms with Crippen molar-refractivity contribution in [2.24, 2.45) is 0 Å². The normalized spacial score (nSPS) is 13.8. The quantitative estimate of drug-likeness (QED) is 0.184. The first kappa shape index (κ1) is 21.5. The molecule has 0 radical (unpaired) electrons. The van der Waals surface area contributed by atoms with Crippen LogP contribution >= 0.6 is 11.3 Å². The molecule has 0 saturated heterocycles. The Labute approximate surface area is 303 Å². The van der Waals surface area contributed by atoms with Gasteiger partial charge in [0.15, 0.2) is 17.5 Å². The summed E-state index contributed by atoms with van der Waals surface area (Å²) < 4.78 is 74.0. The highest BCUT2D eigenvalue weighted by Gasteiger charge is 2.20. The van der Waals surface area contributed by atoms with Crippen molar-refractivity contribution in [1.29, 1.82) is 0 Å². The number of fused-ring (bicyclic) bond motifs is 6. The van der Waals surface area contributed by atoms with Crippen LogP contribution in [0.5, 0.6) is 0 Å². The molecule has 0 spiro atoms. The molecule has 5 heteroatoms. The van der Waals surface area contributed by atoms with Crippen LogP contribution < -0.4 is 0 Å². The van der Waals surface area contributed by atoms with Gasteiger partial charge >= 0.3 is 0 Å². The molecule has 0 amide bonds. The monoisotopic (exact) mass is 664 g/mol. The molecule has 0 atom stereocenters. The van der Waals surface area contributed by atoms with Gasteiger partial charge in [-0.1, -0.05) is 127 Å². The third-order valence-corrected chi connectivity index (χ3v) is 10.1. The first-order valence-electron chi connectivity index (χ1n) is 20.1. The van der Waals surface area contributed by atoms with E-state index in [1.165, 1.54) is 4.57 Å². The molecule has 3 aromatic heterocycles. The minimum absolute atomic E-state index is 0.00556. The molecule has 10 aromatic rings. The predicted molar refractivity (Wildman–Crippen MR) is 209 cm³/mol. The van der Waals surface area contributed by atoms with E-state index in [4.69, 9.17) is 25.9 Å². The van der Waals surface area contributed by atoms with Gasteiger partial charge in [-0.05, 0) is 53.5 Å². The first-order valence-corrected chi connectivity index (χ1v) is 16.9. The van der Waals surface area contributed by atoms with Crippen LogP contribution in [0.1, 0.15) is 11.0 Å². The lowest BCUT2D eigenvalue weighted by Crippen LogP contribution is -2.03. The van der Waals surface area contributed by atoms with Crippen molar-refractivity contribution in [1.82, 2.24) is 19.5 Å². The van der Waals surface area contributed by atoms with E-state index in [1.807, 2.05) is 84.9 Å². The summed E-state index contributed by atoms with van der Waals surface area (Å²) in [5.74, 6) is 1.08. The van der Waals surface area contributed by atoms with Crippen LogP contribution in [0.25, 0.3) is 93.0 Å². The van der Waals surface area contributed by atoms with E-state index in [-0.39, 0.29) is 39.7 Å². The molecule has 10 rings (SSSR count). The maximum absolute atomic E-state index is 9.11. The van der Waals surface area contributed by atoms with Crippen molar-refractivity contribution >= 4 is 53.3 Å². The summed E-state index contributed by atoms with van der Waals surface area (Å²) in [6, 6.07) is 35.8. The lowest BCUT2D eigenvalue weighted by molar-refractivity contribution is 1.07. The van der Waals surface area contributed by atoms with Gasteiger partial charge in [0.25, 0.3) is 0 Å². The molecular weight excluding hydrogens is 629 g/mol. The molecule has 0 fully saturated rings. The fourth-order valence-corrected chi connectivity index (χ4v) is 7.87. The molecule has 234 valence electrons. The van der Waals surface area contributed by atoms with Crippen molar-refractivity contribution in [2.75, 3.05) is 0 Å². The van der Waals surface area contributed by atoms with Gasteiger partial charge in [0, 0.05) is 47.6 Å². The molecular formula is C45H28N4S. The first-order chi connectivity index (χ1) is 28.1. The van der Waals surface area contributed by atoms with Gasteiger partial charge in [-0.15, -0.1) is 11.3 Å². The molecule has 0 unspecified atom stereocenters. The van der Waals surface area contributed by atoms with Crippen LogP contribution in [-0.2, 0) is 0 Å². The second-order valence-electron chi connectivity index (χ2n) is 11.8. The maximum atomic E-state index is 9.11. The number of benzene rings is 7. The minimum atomic E-state index is -0.503. The second kappa shape index (κ2) is 11.6. The topological polar surface area (TPSA) is 43.6 Å². The molecule has 7 aromatic carbocycles. The van der Waals surface area contributed by atoms with Gasteiger partial charge in [-0.25, -0.2) is 15.0 Å². The van der Waals surface area contributed by atoms with Gasteiger partial charge in [-0.3, -0.25) is 0 Å². The van der Waals surface area contributed by atoms with Crippen LogP contribution in [-0.4, -0.2) is 19.5 Å². The minimum Gasteiger partial charge on any atom is -0.309 e. The summed E-state index contributed by atoms with van der Waals surface area (Å²) in [5, 5.41) is 2.19. The highest BCUT2D eigenvalue weighted by atomic mass is 32.1. The zero-order valence-corrected chi connectivity index (χ0v) is 27.1. The molecule has 0 saturated carbocycles. The number of thiophene rings is 1. The molecule has 50 heavy (non-hydrogen) atoms. The maximum Gasteiger partial charge on any atom is 0.166 e. The number of aromatic nitrogens is 4. The van der Waals surface area contributed by atoms with Crippen molar-refractivity contribution < 1.29 is 11.0 Å². The Balaban J connectivity index is 1.30. The van der Waals surface area contributed by atoms with E-state index >= 15 is 0 Å². The summed E-state index contributed by atoms with van der Waals surface area (Å²) >= 11 is 1.65. The summed E-state index contributed by atoms with van der Waals surface area (Å²) in [5.41, 5.74) is 4.39. The van der Waals surface area contributed by atoms with Crippen LogP contribution in [0.4, 0.5) is 0 Å². The average Bonchev–Trinajstić information content (AvgIpc) is 3.83. The summed E-state index contributed by atoms with van der Waals surface area (Å²) in [6.45, 7) is 0. The van der Waals surface area contributed by atoms with Crippen molar-refractivity contribution in [3.8, 4) is 51.0 Å². The van der Waals surface area contributed by atoms with Gasteiger partial charge in [0.05, 0.1) is 27.7 Å². The zero-order chi connectivity index (χ0) is 40.0. The van der Waals surface area contributed by atoms with E-state index in [1.54, 1.807) is 29.5 Å². The fourth-order valence-electron chi connectivity index (χ4n) is 6.66. The van der Waals surface area contributed by atoms with E-state index in [9.17, 15) is 0 Å². The number of hydrogen-bond donors (Lipinski definition) is 0. The Kier molecular flexibility index (Phi) is 5.00. The molecule has 0 aliphatic carbocycles. The Morgan fingerprint density at radius 1 is 0.460 bits per heavy atom. The number of hydrogen-bond acceptors (Lipinski definition) is 4. The van der Waals surface area contributed by atoms with Gasteiger partial charge in [0.2, 0.25) is 0 Å². The van der Waals surface area contributed by atoms with Crippen molar-refractivity contribution in [3.63, 3.8) is 0 Å². The summed E-state index contributed by atoms with van der Waals surface area (Å²) in [6.07, 6.45) is 0. The SMILES string of the molecule is [2H]c1c([2H])c([2H])c2c(c1[2H])c1c([2H])c([2H])c([2H])c([2H])c1n2-c1ccccc1-c1nc(-c2cccc(-c3ccccc3)c2)nc(-c2cccc3c2sc2ccccc23)n1. The van der Waals surface area contributed by atoms with Crippen molar-refractivity contribution in [3.05, 3.63) is 170 Å². The second-order valence-corrected chi connectivity index (χ2v) is 12.9. The van der Waals surface area contributed by atoms with E-state index in [0.717, 1.165) is 42.4 Å². The molecule has 0 aliphatic rings. The molecule has 0 aliphatic heterocycles. The Morgan fingerprint density at radius 3 is 1.86 bits per heavy atom. The Hall–Kier alpha value is -6.43. The smallest absolute Gasteiger partial charge is 0.166 e. The molecule has 4 nitrogen and oxygen atoms in total.